The summed E-state index contributed by atoms with van der Waals surface area (Å²) in [6.45, 7) is 0. The van der Waals surface area contributed by atoms with Gasteiger partial charge in [0, 0.05) is 17.3 Å². The molecule has 0 atom stereocenters. The predicted octanol–water partition coefficient (Wildman–Crippen LogP) is 4.22. The third-order valence-electron chi connectivity index (χ3n) is 2.87. The number of nitrogens with zero attached hydrogens (tertiary/aromatic N) is 1. The van der Waals surface area contributed by atoms with Crippen LogP contribution in [0.3, 0.4) is 0 Å². The Balaban J connectivity index is 1.95. The number of benzene rings is 2. The summed E-state index contributed by atoms with van der Waals surface area (Å²) in [5.74, 6) is 0. The second-order valence-corrected chi connectivity index (χ2v) is 4.09. The van der Waals surface area contributed by atoms with Gasteiger partial charge >= 0.3 is 0 Å². The molecule has 1 radical (unpaired) electrons. The van der Waals surface area contributed by atoms with Crippen molar-refractivity contribution in [2.24, 2.45) is 0 Å². The van der Waals surface area contributed by atoms with Crippen LogP contribution in [0.5, 0.6) is 0 Å². The fourth-order valence-electron chi connectivity index (χ4n) is 1.92. The second kappa shape index (κ2) is 4.84. The van der Waals surface area contributed by atoms with Crippen LogP contribution in [-0.2, 0) is 0 Å². The first-order valence-electron chi connectivity index (χ1n) is 5.91. The molecule has 0 saturated carbocycles. The van der Waals surface area contributed by atoms with E-state index in [4.69, 9.17) is 0 Å². The molecule has 1 heterocycles. The van der Waals surface area contributed by atoms with Crippen molar-refractivity contribution in [1.82, 2.24) is 4.98 Å². The molecular formula is C17H12N. The van der Waals surface area contributed by atoms with Crippen molar-refractivity contribution in [3.8, 4) is 22.4 Å². The van der Waals surface area contributed by atoms with E-state index in [2.05, 4.69) is 29.2 Å². The van der Waals surface area contributed by atoms with Crippen molar-refractivity contribution >= 4 is 0 Å². The van der Waals surface area contributed by atoms with E-state index in [1.54, 1.807) is 0 Å². The van der Waals surface area contributed by atoms with Crippen LogP contribution in [0.2, 0.25) is 0 Å². The Kier molecular flexibility index (Phi) is 2.89. The van der Waals surface area contributed by atoms with Gasteiger partial charge in [-0.2, -0.15) is 0 Å². The Hall–Kier alpha value is -2.41. The molecule has 0 unspecified atom stereocenters. The Morgan fingerprint density at radius 2 is 1.56 bits per heavy atom. The molecule has 3 rings (SSSR count). The third-order valence-corrected chi connectivity index (χ3v) is 2.87. The fraction of sp³-hybridized carbons (Fsp3) is 0. The molecule has 1 aromatic heterocycles. The molecule has 0 aliphatic rings. The molecule has 0 fully saturated rings. The molecule has 0 saturated heterocycles. The highest BCUT2D eigenvalue weighted by molar-refractivity contribution is 5.66. The lowest BCUT2D eigenvalue weighted by Gasteiger charge is -2.03. The van der Waals surface area contributed by atoms with E-state index in [1.165, 1.54) is 5.56 Å². The van der Waals surface area contributed by atoms with Crippen LogP contribution in [0.4, 0.5) is 0 Å². The van der Waals surface area contributed by atoms with Gasteiger partial charge in [-0.1, -0.05) is 54.6 Å². The largest absolute Gasteiger partial charge is 0.256 e. The summed E-state index contributed by atoms with van der Waals surface area (Å²) in [5.41, 5.74) is 4.40. The van der Waals surface area contributed by atoms with Crippen molar-refractivity contribution in [3.63, 3.8) is 0 Å². The number of hydrogen-bond donors (Lipinski definition) is 0. The van der Waals surface area contributed by atoms with Crippen LogP contribution in [0.25, 0.3) is 22.4 Å². The van der Waals surface area contributed by atoms with E-state index in [0.29, 0.717) is 0 Å². The second-order valence-electron chi connectivity index (χ2n) is 4.09. The van der Waals surface area contributed by atoms with Gasteiger partial charge in [0.05, 0.1) is 5.69 Å². The van der Waals surface area contributed by atoms with Gasteiger partial charge in [0.25, 0.3) is 0 Å². The Morgan fingerprint density at radius 3 is 2.22 bits per heavy atom. The molecular weight excluding hydrogens is 218 g/mol. The summed E-state index contributed by atoms with van der Waals surface area (Å²) >= 11 is 0. The van der Waals surface area contributed by atoms with Crippen LogP contribution in [0.15, 0.2) is 72.9 Å². The van der Waals surface area contributed by atoms with Gasteiger partial charge in [-0.05, 0) is 23.8 Å². The maximum atomic E-state index is 4.51. The zero-order valence-corrected chi connectivity index (χ0v) is 9.88. The van der Waals surface area contributed by atoms with Crippen LogP contribution in [-0.4, -0.2) is 4.98 Å². The lowest BCUT2D eigenvalue weighted by molar-refractivity contribution is 1.32. The van der Waals surface area contributed by atoms with Gasteiger partial charge in [-0.15, -0.1) is 0 Å². The molecule has 85 valence electrons. The molecule has 0 N–H and O–H groups in total. The van der Waals surface area contributed by atoms with Crippen LogP contribution >= 0.6 is 0 Å². The summed E-state index contributed by atoms with van der Waals surface area (Å²) in [7, 11) is 0. The molecule has 0 spiro atoms. The van der Waals surface area contributed by atoms with Gasteiger partial charge in [0.1, 0.15) is 0 Å². The lowest BCUT2D eigenvalue weighted by atomic mass is 10.1. The number of hydrogen-bond acceptors (Lipinski definition) is 1. The molecule has 1 heteroatoms. The number of pyridine rings is 1. The molecule has 0 bridgehead atoms. The Labute approximate surface area is 107 Å². The van der Waals surface area contributed by atoms with Crippen LogP contribution in [0.1, 0.15) is 0 Å². The van der Waals surface area contributed by atoms with Crippen molar-refractivity contribution in [2.75, 3.05) is 0 Å². The third kappa shape index (κ3) is 2.16. The summed E-state index contributed by atoms with van der Waals surface area (Å²) in [6.07, 6.45) is 1.91. The lowest BCUT2D eigenvalue weighted by Crippen LogP contribution is -1.84. The summed E-state index contributed by atoms with van der Waals surface area (Å²) in [4.78, 5) is 4.51. The quantitative estimate of drug-likeness (QED) is 0.642. The number of aromatic nitrogens is 1. The smallest absolute Gasteiger partial charge is 0.0702 e. The normalized spacial score (nSPS) is 10.2. The molecule has 3 aromatic rings. The highest BCUT2D eigenvalue weighted by atomic mass is 14.7. The first-order valence-corrected chi connectivity index (χ1v) is 5.91. The minimum atomic E-state index is 0.978. The molecule has 0 amide bonds. The SMILES string of the molecule is [c]1cccc(-c2ccc(-c3ccccc3)cn2)c1. The van der Waals surface area contributed by atoms with Crippen LogP contribution in [0, 0.1) is 6.07 Å². The van der Waals surface area contributed by atoms with Crippen LogP contribution < -0.4 is 0 Å². The minimum Gasteiger partial charge on any atom is -0.256 e. The molecule has 0 aliphatic heterocycles. The van der Waals surface area contributed by atoms with Gasteiger partial charge in [-0.3, -0.25) is 4.98 Å². The predicted molar refractivity (Wildman–Crippen MR) is 73.9 cm³/mol. The molecule has 1 nitrogen and oxygen atoms in total. The minimum absolute atomic E-state index is 0.978. The van der Waals surface area contributed by atoms with Crippen molar-refractivity contribution in [1.29, 1.82) is 0 Å². The van der Waals surface area contributed by atoms with E-state index < -0.39 is 0 Å². The summed E-state index contributed by atoms with van der Waals surface area (Å²) in [5, 5.41) is 0. The molecule has 0 aliphatic carbocycles. The standard InChI is InChI=1S/C17H12N/c1-3-7-14(8-4-1)16-11-12-17(18-13-16)15-9-5-2-6-10-15/h1-5,7-13H. The maximum Gasteiger partial charge on any atom is 0.0702 e. The fourth-order valence-corrected chi connectivity index (χ4v) is 1.92. The monoisotopic (exact) mass is 230 g/mol. The van der Waals surface area contributed by atoms with Crippen molar-refractivity contribution < 1.29 is 0 Å². The van der Waals surface area contributed by atoms with E-state index in [-0.39, 0.29) is 0 Å². The summed E-state index contributed by atoms with van der Waals surface area (Å²) in [6, 6.07) is 25.3. The van der Waals surface area contributed by atoms with E-state index >= 15 is 0 Å². The topological polar surface area (TPSA) is 12.9 Å². The van der Waals surface area contributed by atoms with Crippen molar-refractivity contribution in [3.05, 3.63) is 79.0 Å². The Bertz CT molecular complexity index is 554. The zero-order valence-electron chi connectivity index (χ0n) is 9.88. The molecule has 18 heavy (non-hydrogen) atoms. The van der Waals surface area contributed by atoms with E-state index in [0.717, 1.165) is 16.8 Å². The maximum absolute atomic E-state index is 4.51. The van der Waals surface area contributed by atoms with Gasteiger partial charge in [-0.25, -0.2) is 0 Å². The highest BCUT2D eigenvalue weighted by Gasteiger charge is 2.00. The number of rotatable bonds is 2. The van der Waals surface area contributed by atoms with E-state index in [1.807, 2.05) is 54.7 Å². The zero-order chi connectivity index (χ0) is 12.2. The first-order chi connectivity index (χ1) is 8.93. The first kappa shape index (κ1) is 10.7. The average Bonchev–Trinajstić information content (AvgIpc) is 2.49. The average molecular weight is 230 g/mol. The molecule has 2 aromatic carbocycles. The Morgan fingerprint density at radius 1 is 0.722 bits per heavy atom. The van der Waals surface area contributed by atoms with Gasteiger partial charge in [0.2, 0.25) is 0 Å². The summed E-state index contributed by atoms with van der Waals surface area (Å²) < 4.78 is 0. The van der Waals surface area contributed by atoms with Crippen molar-refractivity contribution in [2.45, 2.75) is 0 Å². The van der Waals surface area contributed by atoms with Gasteiger partial charge in [0.15, 0.2) is 0 Å². The highest BCUT2D eigenvalue weighted by Crippen LogP contribution is 2.21. The van der Waals surface area contributed by atoms with Gasteiger partial charge < -0.3 is 0 Å². The van der Waals surface area contributed by atoms with E-state index in [9.17, 15) is 0 Å².